The van der Waals surface area contributed by atoms with E-state index >= 15 is 0 Å². The van der Waals surface area contributed by atoms with E-state index in [0.29, 0.717) is 12.8 Å². The highest BCUT2D eigenvalue weighted by Gasteiger charge is 2.18. The van der Waals surface area contributed by atoms with Crippen molar-refractivity contribution in [2.75, 3.05) is 0 Å². The standard InChI is InChI=1S/C21H16Br2OS2/c22-18(13-1-3-20-15(9-13)5-7-25-20)11-17(24)12-19(23)14-2-4-21-16(10-14)6-8-26-21/h1-10,18-19H,11-12H2/t18-,19-/m0/s1. The molecule has 0 bridgehead atoms. The Morgan fingerprint density at radius 1 is 0.769 bits per heavy atom. The van der Waals surface area contributed by atoms with Gasteiger partial charge in [0, 0.05) is 31.9 Å². The zero-order chi connectivity index (χ0) is 18.1. The number of ketones is 1. The number of alkyl halides is 2. The predicted molar refractivity (Wildman–Crippen MR) is 121 cm³/mol. The minimum atomic E-state index is 0.0540. The third-order valence-electron chi connectivity index (χ3n) is 4.49. The number of fused-ring (bicyclic) bond motifs is 2. The van der Waals surface area contributed by atoms with Crippen LogP contribution in [0.2, 0.25) is 0 Å². The number of Topliss-reactive ketones (excluding diaryl/α,β-unsaturated/α-hetero) is 1. The largest absolute Gasteiger partial charge is 0.300 e. The molecule has 0 N–H and O–H groups in total. The fraction of sp³-hybridized carbons (Fsp3) is 0.190. The smallest absolute Gasteiger partial charge is 0.135 e. The molecule has 0 fully saturated rings. The lowest BCUT2D eigenvalue weighted by atomic mass is 10.0. The van der Waals surface area contributed by atoms with Crippen LogP contribution in [0.1, 0.15) is 33.6 Å². The number of halogens is 2. The van der Waals surface area contributed by atoms with E-state index in [1.807, 2.05) is 0 Å². The first kappa shape index (κ1) is 18.4. The molecule has 2 aromatic heterocycles. The third kappa shape index (κ3) is 3.96. The second kappa shape index (κ2) is 7.93. The van der Waals surface area contributed by atoms with Crippen molar-refractivity contribution in [1.82, 2.24) is 0 Å². The van der Waals surface area contributed by atoms with Crippen molar-refractivity contribution in [3.8, 4) is 0 Å². The van der Waals surface area contributed by atoms with Crippen LogP contribution in [0.5, 0.6) is 0 Å². The molecule has 0 aliphatic heterocycles. The summed E-state index contributed by atoms with van der Waals surface area (Å²) in [7, 11) is 0. The van der Waals surface area contributed by atoms with Gasteiger partial charge in [0.05, 0.1) is 0 Å². The van der Waals surface area contributed by atoms with E-state index in [-0.39, 0.29) is 15.4 Å². The first-order valence-electron chi connectivity index (χ1n) is 8.34. The molecule has 0 aliphatic rings. The van der Waals surface area contributed by atoms with E-state index in [9.17, 15) is 4.79 Å². The Morgan fingerprint density at radius 2 is 1.23 bits per heavy atom. The van der Waals surface area contributed by atoms with Gasteiger partial charge in [0.1, 0.15) is 5.78 Å². The number of carbonyl (C=O) groups is 1. The summed E-state index contributed by atoms with van der Waals surface area (Å²) in [5.74, 6) is 0.254. The van der Waals surface area contributed by atoms with Crippen LogP contribution in [0.3, 0.4) is 0 Å². The number of rotatable bonds is 6. The van der Waals surface area contributed by atoms with Crippen LogP contribution in [0.25, 0.3) is 20.2 Å². The van der Waals surface area contributed by atoms with Crippen molar-refractivity contribution >= 4 is 80.5 Å². The fourth-order valence-corrected chi connectivity index (χ4v) is 5.91. The molecule has 0 unspecified atom stereocenters. The van der Waals surface area contributed by atoms with E-state index in [1.165, 1.54) is 20.2 Å². The van der Waals surface area contributed by atoms with E-state index < -0.39 is 0 Å². The number of benzene rings is 2. The summed E-state index contributed by atoms with van der Waals surface area (Å²) in [5, 5.41) is 6.68. The summed E-state index contributed by atoms with van der Waals surface area (Å²) >= 11 is 10.9. The molecule has 0 radical (unpaired) electrons. The Kier molecular flexibility index (Phi) is 5.60. The van der Waals surface area contributed by atoms with Crippen LogP contribution in [-0.4, -0.2) is 5.78 Å². The lowest BCUT2D eigenvalue weighted by Crippen LogP contribution is -2.06. The van der Waals surface area contributed by atoms with E-state index in [2.05, 4.69) is 91.2 Å². The van der Waals surface area contributed by atoms with Crippen LogP contribution in [0.15, 0.2) is 59.3 Å². The zero-order valence-electron chi connectivity index (χ0n) is 13.8. The molecule has 1 nitrogen and oxygen atoms in total. The summed E-state index contributed by atoms with van der Waals surface area (Å²) in [6, 6.07) is 17.1. The minimum absolute atomic E-state index is 0.0540. The highest BCUT2D eigenvalue weighted by Crippen LogP contribution is 2.35. The molecule has 4 aromatic rings. The number of hydrogen-bond donors (Lipinski definition) is 0. The van der Waals surface area contributed by atoms with Gasteiger partial charge >= 0.3 is 0 Å². The highest BCUT2D eigenvalue weighted by molar-refractivity contribution is 9.09. The van der Waals surface area contributed by atoms with Gasteiger partial charge in [-0.1, -0.05) is 44.0 Å². The summed E-state index contributed by atoms with van der Waals surface area (Å²) in [4.78, 5) is 12.7. The molecule has 5 heteroatoms. The molecule has 0 aliphatic carbocycles. The summed E-state index contributed by atoms with van der Waals surface area (Å²) in [6.07, 6.45) is 0.997. The second-order valence-corrected chi connectivity index (χ2v) is 10.4. The summed E-state index contributed by atoms with van der Waals surface area (Å²) < 4.78 is 2.56. The molecule has 0 amide bonds. The number of carbonyl (C=O) groups excluding carboxylic acids is 1. The third-order valence-corrected chi connectivity index (χ3v) is 7.99. The lowest BCUT2D eigenvalue weighted by molar-refractivity contribution is -0.119. The van der Waals surface area contributed by atoms with Crippen molar-refractivity contribution in [2.45, 2.75) is 22.5 Å². The van der Waals surface area contributed by atoms with Gasteiger partial charge in [-0.25, -0.2) is 0 Å². The maximum absolute atomic E-state index is 12.6. The topological polar surface area (TPSA) is 17.1 Å². The fourth-order valence-electron chi connectivity index (χ4n) is 3.08. The maximum atomic E-state index is 12.6. The maximum Gasteiger partial charge on any atom is 0.135 e. The Labute approximate surface area is 177 Å². The van der Waals surface area contributed by atoms with Crippen LogP contribution in [-0.2, 0) is 4.79 Å². The van der Waals surface area contributed by atoms with Gasteiger partial charge in [0.2, 0.25) is 0 Å². The normalized spacial score (nSPS) is 13.9. The Balaban J connectivity index is 1.42. The SMILES string of the molecule is O=C(C[C@H](Br)c1ccc2sccc2c1)C[C@H](Br)c1ccc2sccc2c1. The van der Waals surface area contributed by atoms with E-state index in [1.54, 1.807) is 22.7 Å². The molecule has 132 valence electrons. The van der Waals surface area contributed by atoms with E-state index in [0.717, 1.165) is 11.1 Å². The van der Waals surface area contributed by atoms with Crippen LogP contribution in [0.4, 0.5) is 0 Å². The Hall–Kier alpha value is -1.01. The molecular formula is C21H16Br2OS2. The second-order valence-electron chi connectivity index (χ2n) is 6.32. The van der Waals surface area contributed by atoms with Crippen LogP contribution in [0, 0.1) is 0 Å². The van der Waals surface area contributed by atoms with Crippen LogP contribution >= 0.6 is 54.5 Å². The Morgan fingerprint density at radius 3 is 1.69 bits per heavy atom. The number of thiophene rings is 2. The van der Waals surface area contributed by atoms with Gasteiger partial charge in [-0.3, -0.25) is 4.79 Å². The molecule has 26 heavy (non-hydrogen) atoms. The summed E-state index contributed by atoms with van der Waals surface area (Å²) in [6.45, 7) is 0. The van der Waals surface area contributed by atoms with Gasteiger partial charge in [-0.15, -0.1) is 22.7 Å². The molecule has 2 aromatic carbocycles. The monoisotopic (exact) mass is 506 g/mol. The lowest BCUT2D eigenvalue weighted by Gasteiger charge is -2.13. The first-order valence-corrected chi connectivity index (χ1v) is 11.9. The minimum Gasteiger partial charge on any atom is -0.300 e. The quantitative estimate of drug-likeness (QED) is 0.241. The van der Waals surface area contributed by atoms with Crippen molar-refractivity contribution < 1.29 is 4.79 Å². The molecule has 0 saturated carbocycles. The zero-order valence-corrected chi connectivity index (χ0v) is 18.6. The van der Waals surface area contributed by atoms with Gasteiger partial charge in [-0.05, 0) is 69.1 Å². The van der Waals surface area contributed by atoms with Gasteiger partial charge in [0.25, 0.3) is 0 Å². The van der Waals surface area contributed by atoms with Gasteiger partial charge in [-0.2, -0.15) is 0 Å². The van der Waals surface area contributed by atoms with Crippen molar-refractivity contribution in [3.63, 3.8) is 0 Å². The van der Waals surface area contributed by atoms with Crippen molar-refractivity contribution in [2.24, 2.45) is 0 Å². The molecule has 0 saturated heterocycles. The highest BCUT2D eigenvalue weighted by atomic mass is 79.9. The summed E-state index contributed by atoms with van der Waals surface area (Å²) in [5.41, 5.74) is 2.32. The van der Waals surface area contributed by atoms with Crippen molar-refractivity contribution in [1.29, 1.82) is 0 Å². The molecule has 2 heterocycles. The molecule has 4 rings (SSSR count). The molecule has 2 atom stereocenters. The average molecular weight is 508 g/mol. The average Bonchev–Trinajstić information content (AvgIpc) is 3.28. The molecular weight excluding hydrogens is 492 g/mol. The van der Waals surface area contributed by atoms with E-state index in [4.69, 9.17) is 0 Å². The first-order chi connectivity index (χ1) is 12.6. The van der Waals surface area contributed by atoms with Crippen molar-refractivity contribution in [3.05, 3.63) is 70.4 Å². The van der Waals surface area contributed by atoms with Gasteiger partial charge < -0.3 is 0 Å². The Bertz CT molecular complexity index is 982. The number of hydrogen-bond acceptors (Lipinski definition) is 3. The van der Waals surface area contributed by atoms with Gasteiger partial charge in [0.15, 0.2) is 0 Å². The predicted octanol–water partition coefficient (Wildman–Crippen LogP) is 8.04. The van der Waals surface area contributed by atoms with Crippen LogP contribution < -0.4 is 0 Å². The molecule has 0 spiro atoms.